The van der Waals surface area contributed by atoms with Crippen LogP contribution in [0.15, 0.2) is 18.2 Å². The van der Waals surface area contributed by atoms with Gasteiger partial charge in [-0.15, -0.1) is 0 Å². The van der Waals surface area contributed by atoms with Crippen LogP contribution in [0.4, 0.5) is 0 Å². The molecule has 0 radical (unpaired) electrons. The van der Waals surface area contributed by atoms with Gasteiger partial charge in [-0.2, -0.15) is 0 Å². The largest absolute Gasteiger partial charge is 0.494 e. The molecule has 1 rings (SSSR count). The zero-order valence-electron chi connectivity index (χ0n) is 16.5. The average molecular weight is 350 g/mol. The molecular weight excluding hydrogens is 314 g/mol. The van der Waals surface area contributed by atoms with E-state index < -0.39 is 5.60 Å². The summed E-state index contributed by atoms with van der Waals surface area (Å²) in [7, 11) is 0. The number of hydrogen-bond acceptors (Lipinski definition) is 3. The lowest BCUT2D eigenvalue weighted by atomic mass is 9.99. The summed E-state index contributed by atoms with van der Waals surface area (Å²) in [5, 5.41) is 12.8. The lowest BCUT2D eigenvalue weighted by molar-refractivity contribution is -0.121. The summed E-state index contributed by atoms with van der Waals surface area (Å²) >= 11 is 0. The predicted molar refractivity (Wildman–Crippen MR) is 103 cm³/mol. The minimum atomic E-state index is -0.625. The first-order valence-corrected chi connectivity index (χ1v) is 9.45. The Morgan fingerprint density at radius 3 is 2.64 bits per heavy atom. The molecule has 25 heavy (non-hydrogen) atoms. The van der Waals surface area contributed by atoms with Crippen LogP contribution in [-0.2, 0) is 11.2 Å². The first kappa shape index (κ1) is 21.5. The molecule has 1 unspecified atom stereocenters. The van der Waals surface area contributed by atoms with E-state index in [0.717, 1.165) is 43.4 Å². The lowest BCUT2D eigenvalue weighted by Crippen LogP contribution is -2.32. The van der Waals surface area contributed by atoms with E-state index in [4.69, 9.17) is 4.74 Å². The van der Waals surface area contributed by atoms with Crippen LogP contribution in [0.1, 0.15) is 70.9 Å². The monoisotopic (exact) mass is 349 g/mol. The third kappa shape index (κ3) is 9.49. The summed E-state index contributed by atoms with van der Waals surface area (Å²) < 4.78 is 5.55. The topological polar surface area (TPSA) is 58.6 Å². The Bertz CT molecular complexity index is 534. The van der Waals surface area contributed by atoms with Gasteiger partial charge in [0.25, 0.3) is 0 Å². The molecule has 0 saturated heterocycles. The van der Waals surface area contributed by atoms with Crippen molar-refractivity contribution < 1.29 is 14.6 Å². The van der Waals surface area contributed by atoms with Crippen LogP contribution in [0.2, 0.25) is 0 Å². The van der Waals surface area contributed by atoms with Crippen molar-refractivity contribution in [3.8, 4) is 5.75 Å². The fraction of sp³-hybridized carbons (Fsp3) is 0.667. The summed E-state index contributed by atoms with van der Waals surface area (Å²) in [5.41, 5.74) is 1.76. The molecule has 1 atom stereocenters. The maximum Gasteiger partial charge on any atom is 0.220 e. The van der Waals surface area contributed by atoms with Crippen molar-refractivity contribution in [2.24, 2.45) is 0 Å². The maximum absolute atomic E-state index is 12.0. The van der Waals surface area contributed by atoms with Gasteiger partial charge >= 0.3 is 0 Å². The van der Waals surface area contributed by atoms with Gasteiger partial charge < -0.3 is 15.2 Å². The number of aliphatic hydroxyl groups is 1. The van der Waals surface area contributed by atoms with Crippen LogP contribution in [0.5, 0.6) is 5.75 Å². The number of aryl methyl sites for hydroxylation is 2. The van der Waals surface area contributed by atoms with E-state index in [1.807, 2.05) is 33.8 Å². The van der Waals surface area contributed by atoms with Crippen LogP contribution in [0.25, 0.3) is 0 Å². The van der Waals surface area contributed by atoms with Gasteiger partial charge in [-0.1, -0.05) is 12.1 Å². The van der Waals surface area contributed by atoms with Crippen molar-refractivity contribution in [2.45, 2.75) is 84.8 Å². The fourth-order valence-electron chi connectivity index (χ4n) is 2.90. The van der Waals surface area contributed by atoms with Crippen molar-refractivity contribution in [1.82, 2.24) is 5.32 Å². The van der Waals surface area contributed by atoms with Crippen LogP contribution < -0.4 is 10.1 Å². The standard InChI is InChI=1S/C21H35NO3/c1-6-25-19-13-12-18(15-16(19)2)10-7-11-20(23)22-17(3)9-8-14-21(4,5)24/h12-13,15,17,24H,6-11,14H2,1-5H3,(H,22,23). The highest BCUT2D eigenvalue weighted by molar-refractivity contribution is 5.76. The number of benzene rings is 1. The number of ether oxygens (including phenoxy) is 1. The molecule has 0 bridgehead atoms. The Morgan fingerprint density at radius 1 is 1.32 bits per heavy atom. The molecule has 0 fully saturated rings. The second kappa shape index (κ2) is 10.4. The lowest BCUT2D eigenvalue weighted by Gasteiger charge is -2.19. The van der Waals surface area contributed by atoms with Crippen LogP contribution in [-0.4, -0.2) is 29.3 Å². The van der Waals surface area contributed by atoms with Crippen LogP contribution >= 0.6 is 0 Å². The fourth-order valence-corrected chi connectivity index (χ4v) is 2.90. The zero-order chi connectivity index (χ0) is 18.9. The molecule has 0 aliphatic heterocycles. The highest BCUT2D eigenvalue weighted by Crippen LogP contribution is 2.20. The second-order valence-electron chi connectivity index (χ2n) is 7.56. The summed E-state index contributed by atoms with van der Waals surface area (Å²) in [6, 6.07) is 6.39. The van der Waals surface area contributed by atoms with Gasteiger partial charge in [0.2, 0.25) is 5.91 Å². The smallest absolute Gasteiger partial charge is 0.220 e. The molecule has 4 nitrogen and oxygen atoms in total. The molecule has 1 amide bonds. The van der Waals surface area contributed by atoms with E-state index in [2.05, 4.69) is 24.4 Å². The maximum atomic E-state index is 12.0. The van der Waals surface area contributed by atoms with Crippen LogP contribution in [0, 0.1) is 6.92 Å². The normalized spacial score (nSPS) is 12.7. The summed E-state index contributed by atoms with van der Waals surface area (Å²) in [6.45, 7) is 10.4. The summed E-state index contributed by atoms with van der Waals surface area (Å²) in [5.74, 6) is 1.04. The number of carbonyl (C=O) groups excluding carboxylic acids is 1. The Balaban J connectivity index is 2.27. The number of hydrogen-bond donors (Lipinski definition) is 2. The molecule has 0 spiro atoms. The third-order valence-corrected chi connectivity index (χ3v) is 4.24. The van der Waals surface area contributed by atoms with Gasteiger partial charge in [0, 0.05) is 12.5 Å². The second-order valence-corrected chi connectivity index (χ2v) is 7.56. The molecule has 0 aliphatic rings. The van der Waals surface area contributed by atoms with Gasteiger partial charge in [0.1, 0.15) is 5.75 Å². The van der Waals surface area contributed by atoms with Crippen molar-refractivity contribution in [3.63, 3.8) is 0 Å². The number of rotatable bonds is 11. The predicted octanol–water partition coefficient (Wildman–Crippen LogP) is 4.16. The van der Waals surface area contributed by atoms with E-state index in [1.54, 1.807) is 0 Å². The summed E-state index contributed by atoms with van der Waals surface area (Å²) in [4.78, 5) is 12.0. The van der Waals surface area contributed by atoms with Crippen LogP contribution in [0.3, 0.4) is 0 Å². The molecule has 1 aromatic rings. The SMILES string of the molecule is CCOc1ccc(CCCC(=O)NC(C)CCCC(C)(C)O)cc1C. The molecule has 0 heterocycles. The van der Waals surface area contributed by atoms with Crippen molar-refractivity contribution in [1.29, 1.82) is 0 Å². The van der Waals surface area contributed by atoms with Gasteiger partial charge in [-0.3, -0.25) is 4.79 Å². The van der Waals surface area contributed by atoms with E-state index >= 15 is 0 Å². The van der Waals surface area contributed by atoms with Crippen molar-refractivity contribution >= 4 is 5.91 Å². The summed E-state index contributed by atoms with van der Waals surface area (Å²) in [6.07, 6.45) is 4.85. The number of amides is 1. The molecular formula is C21H35NO3. The number of carbonyl (C=O) groups is 1. The Morgan fingerprint density at radius 2 is 2.04 bits per heavy atom. The number of nitrogens with one attached hydrogen (secondary N) is 1. The first-order valence-electron chi connectivity index (χ1n) is 9.45. The van der Waals surface area contributed by atoms with Gasteiger partial charge in [0.15, 0.2) is 0 Å². The minimum Gasteiger partial charge on any atom is -0.494 e. The van der Waals surface area contributed by atoms with E-state index in [9.17, 15) is 9.90 Å². The zero-order valence-corrected chi connectivity index (χ0v) is 16.5. The highest BCUT2D eigenvalue weighted by Gasteiger charge is 2.13. The Hall–Kier alpha value is -1.55. The molecule has 0 aromatic heterocycles. The molecule has 4 heteroatoms. The molecule has 0 aliphatic carbocycles. The van der Waals surface area contributed by atoms with Gasteiger partial charge in [-0.05, 0) is 83.9 Å². The average Bonchev–Trinajstić information content (AvgIpc) is 2.48. The first-order chi connectivity index (χ1) is 11.7. The Labute approximate surface area is 153 Å². The van der Waals surface area contributed by atoms with E-state index in [1.165, 1.54) is 5.56 Å². The van der Waals surface area contributed by atoms with E-state index in [-0.39, 0.29) is 11.9 Å². The molecule has 142 valence electrons. The third-order valence-electron chi connectivity index (χ3n) is 4.24. The molecule has 2 N–H and O–H groups in total. The van der Waals surface area contributed by atoms with Crippen molar-refractivity contribution in [2.75, 3.05) is 6.61 Å². The Kier molecular flexibility index (Phi) is 8.98. The van der Waals surface area contributed by atoms with E-state index in [0.29, 0.717) is 13.0 Å². The van der Waals surface area contributed by atoms with Gasteiger partial charge in [-0.25, -0.2) is 0 Å². The minimum absolute atomic E-state index is 0.110. The quantitative estimate of drug-likeness (QED) is 0.630. The molecule has 1 aromatic carbocycles. The molecule has 0 saturated carbocycles. The van der Waals surface area contributed by atoms with Crippen molar-refractivity contribution in [3.05, 3.63) is 29.3 Å². The highest BCUT2D eigenvalue weighted by atomic mass is 16.5. The van der Waals surface area contributed by atoms with Gasteiger partial charge in [0.05, 0.1) is 12.2 Å².